The Morgan fingerprint density at radius 3 is 2.42 bits per heavy atom. The van der Waals surface area contributed by atoms with Crippen molar-refractivity contribution >= 4 is 26.2 Å². The van der Waals surface area contributed by atoms with Crippen LogP contribution in [0.2, 0.25) is 0 Å². The number of hydrogen-bond acceptors (Lipinski definition) is 1. The van der Waals surface area contributed by atoms with Gasteiger partial charge in [-0.1, -0.05) is 27.4 Å². The quantitative estimate of drug-likeness (QED) is 0.731. The smallest absolute Gasteiger partial charge is 0.123 e. The van der Waals surface area contributed by atoms with Crippen LogP contribution >= 0.6 is 26.2 Å². The standard InChI is InChI=1S/C9H13OP.BrH/c1-7-5-3-4-6-9(7)10-8(2)11;/h3-6,8H,11H2,1-2H3;1H. The van der Waals surface area contributed by atoms with E-state index in [1.807, 2.05) is 38.1 Å². The van der Waals surface area contributed by atoms with Crippen LogP contribution in [0.4, 0.5) is 0 Å². The normalized spacial score (nSPS) is 11.6. The maximum Gasteiger partial charge on any atom is 0.123 e. The van der Waals surface area contributed by atoms with Crippen molar-refractivity contribution < 1.29 is 4.74 Å². The van der Waals surface area contributed by atoms with E-state index >= 15 is 0 Å². The zero-order valence-corrected chi connectivity index (χ0v) is 10.1. The Kier molecular flexibility index (Phi) is 5.52. The van der Waals surface area contributed by atoms with Crippen molar-refractivity contribution in [3.8, 4) is 5.75 Å². The Bertz CT molecular complexity index is 238. The highest BCUT2D eigenvalue weighted by Crippen LogP contribution is 2.18. The average molecular weight is 249 g/mol. The SMILES string of the molecule is Br.Cc1ccccc1OC(C)P. The van der Waals surface area contributed by atoms with Gasteiger partial charge in [-0.15, -0.1) is 17.0 Å². The lowest BCUT2D eigenvalue weighted by molar-refractivity contribution is 0.305. The van der Waals surface area contributed by atoms with Gasteiger partial charge >= 0.3 is 0 Å². The third-order valence-corrected chi connectivity index (χ3v) is 1.54. The summed E-state index contributed by atoms with van der Waals surface area (Å²) in [6.45, 7) is 4.04. The zero-order chi connectivity index (χ0) is 8.27. The molecule has 68 valence electrons. The Morgan fingerprint density at radius 2 is 1.92 bits per heavy atom. The first-order valence-electron chi connectivity index (χ1n) is 3.68. The van der Waals surface area contributed by atoms with Crippen LogP contribution in [-0.4, -0.2) is 5.85 Å². The molecule has 0 radical (unpaired) electrons. The monoisotopic (exact) mass is 248 g/mol. The molecule has 0 amide bonds. The molecule has 0 aliphatic carbocycles. The van der Waals surface area contributed by atoms with Crippen molar-refractivity contribution in [1.29, 1.82) is 0 Å². The van der Waals surface area contributed by atoms with E-state index < -0.39 is 0 Å². The third kappa shape index (κ3) is 3.55. The van der Waals surface area contributed by atoms with Crippen LogP contribution in [-0.2, 0) is 0 Å². The molecule has 1 nitrogen and oxygen atoms in total. The molecule has 2 atom stereocenters. The molecular formula is C9H14BrOP. The molecule has 12 heavy (non-hydrogen) atoms. The molecule has 0 N–H and O–H groups in total. The van der Waals surface area contributed by atoms with Gasteiger partial charge in [0.2, 0.25) is 0 Å². The van der Waals surface area contributed by atoms with E-state index in [2.05, 4.69) is 9.24 Å². The number of rotatable bonds is 2. The van der Waals surface area contributed by atoms with Crippen LogP contribution in [0.15, 0.2) is 24.3 Å². The summed E-state index contributed by atoms with van der Waals surface area (Å²) < 4.78 is 5.51. The average Bonchev–Trinajstić information content (AvgIpc) is 1.93. The Hall–Kier alpha value is -0.0700. The van der Waals surface area contributed by atoms with Gasteiger partial charge in [0.05, 0.1) is 0 Å². The molecule has 1 aromatic carbocycles. The summed E-state index contributed by atoms with van der Waals surface area (Å²) in [5.41, 5.74) is 1.18. The van der Waals surface area contributed by atoms with Crippen LogP contribution < -0.4 is 4.74 Å². The lowest BCUT2D eigenvalue weighted by Crippen LogP contribution is -2.02. The highest BCUT2D eigenvalue weighted by Gasteiger charge is 1.98. The first-order valence-corrected chi connectivity index (χ1v) is 4.34. The number of ether oxygens (including phenoxy) is 1. The van der Waals surface area contributed by atoms with Gasteiger partial charge in [0.25, 0.3) is 0 Å². The fraction of sp³-hybridized carbons (Fsp3) is 0.333. The number of halogens is 1. The predicted octanol–water partition coefficient (Wildman–Crippen LogP) is 3.17. The molecule has 0 aliphatic rings. The maximum atomic E-state index is 5.51. The van der Waals surface area contributed by atoms with E-state index in [4.69, 9.17) is 4.74 Å². The molecule has 1 rings (SSSR count). The van der Waals surface area contributed by atoms with Gasteiger partial charge in [-0.05, 0) is 25.5 Å². The molecular weight excluding hydrogens is 235 g/mol. The Balaban J connectivity index is 0.00000121. The van der Waals surface area contributed by atoms with Crippen molar-refractivity contribution in [2.75, 3.05) is 0 Å². The third-order valence-electron chi connectivity index (χ3n) is 1.41. The van der Waals surface area contributed by atoms with Gasteiger partial charge in [-0.3, -0.25) is 0 Å². The van der Waals surface area contributed by atoms with E-state index in [1.54, 1.807) is 0 Å². The van der Waals surface area contributed by atoms with Gasteiger partial charge in [0, 0.05) is 0 Å². The van der Waals surface area contributed by atoms with Crippen LogP contribution in [0, 0.1) is 6.92 Å². The number of para-hydroxylation sites is 1. The Labute approximate surface area is 86.5 Å². The molecule has 2 unspecified atom stereocenters. The van der Waals surface area contributed by atoms with Crippen molar-refractivity contribution in [2.45, 2.75) is 19.7 Å². The van der Waals surface area contributed by atoms with E-state index in [0.717, 1.165) is 5.75 Å². The molecule has 0 saturated carbocycles. The second-order valence-electron chi connectivity index (χ2n) is 2.59. The lowest BCUT2D eigenvalue weighted by atomic mass is 10.2. The number of aryl methyl sites for hydroxylation is 1. The molecule has 0 aromatic heterocycles. The number of benzene rings is 1. The second kappa shape index (κ2) is 5.55. The fourth-order valence-electron chi connectivity index (χ4n) is 0.889. The van der Waals surface area contributed by atoms with E-state index in [9.17, 15) is 0 Å². The lowest BCUT2D eigenvalue weighted by Gasteiger charge is -2.11. The second-order valence-corrected chi connectivity index (χ2v) is 3.53. The highest BCUT2D eigenvalue weighted by atomic mass is 79.9. The van der Waals surface area contributed by atoms with Gasteiger partial charge in [-0.25, -0.2) is 0 Å². The summed E-state index contributed by atoms with van der Waals surface area (Å²) in [6, 6.07) is 8.02. The van der Waals surface area contributed by atoms with Crippen molar-refractivity contribution in [1.82, 2.24) is 0 Å². The summed E-state index contributed by atoms with van der Waals surface area (Å²) >= 11 is 0. The van der Waals surface area contributed by atoms with Crippen LogP contribution in [0.25, 0.3) is 0 Å². The van der Waals surface area contributed by atoms with Gasteiger partial charge < -0.3 is 4.74 Å². The highest BCUT2D eigenvalue weighted by molar-refractivity contribution is 8.93. The van der Waals surface area contributed by atoms with Crippen molar-refractivity contribution in [3.63, 3.8) is 0 Å². The predicted molar refractivity (Wildman–Crippen MR) is 61.3 cm³/mol. The van der Waals surface area contributed by atoms with Crippen LogP contribution in [0.3, 0.4) is 0 Å². The summed E-state index contributed by atoms with van der Waals surface area (Å²) in [5.74, 6) is 1.14. The first-order chi connectivity index (χ1) is 5.20. The molecule has 0 aliphatic heterocycles. The van der Waals surface area contributed by atoms with E-state index in [0.29, 0.717) is 0 Å². The molecule has 0 bridgehead atoms. The zero-order valence-electron chi connectivity index (χ0n) is 7.28. The molecule has 0 fully saturated rings. The summed E-state index contributed by atoms with van der Waals surface area (Å²) in [7, 11) is 2.61. The minimum absolute atomic E-state index is 0. The van der Waals surface area contributed by atoms with Crippen LogP contribution in [0.5, 0.6) is 5.75 Å². The van der Waals surface area contributed by atoms with Crippen LogP contribution in [0.1, 0.15) is 12.5 Å². The minimum atomic E-state index is 0. The summed E-state index contributed by atoms with van der Waals surface area (Å²) in [4.78, 5) is 0. The van der Waals surface area contributed by atoms with Crippen molar-refractivity contribution in [3.05, 3.63) is 29.8 Å². The topological polar surface area (TPSA) is 9.23 Å². The minimum Gasteiger partial charge on any atom is -0.487 e. The largest absolute Gasteiger partial charge is 0.487 e. The van der Waals surface area contributed by atoms with Gasteiger partial charge in [0.1, 0.15) is 11.6 Å². The van der Waals surface area contributed by atoms with Gasteiger partial charge in [-0.2, -0.15) is 0 Å². The Morgan fingerprint density at radius 1 is 1.33 bits per heavy atom. The number of hydrogen-bond donors (Lipinski definition) is 0. The molecule has 0 saturated heterocycles. The van der Waals surface area contributed by atoms with E-state index in [-0.39, 0.29) is 22.8 Å². The molecule has 1 aromatic rings. The first kappa shape index (κ1) is 11.9. The fourth-order valence-corrected chi connectivity index (χ4v) is 1.04. The van der Waals surface area contributed by atoms with Crippen molar-refractivity contribution in [2.24, 2.45) is 0 Å². The molecule has 0 spiro atoms. The summed E-state index contributed by atoms with van der Waals surface area (Å²) in [6.07, 6.45) is 0. The summed E-state index contributed by atoms with van der Waals surface area (Å²) in [5, 5.41) is 0. The van der Waals surface area contributed by atoms with Gasteiger partial charge in [0.15, 0.2) is 0 Å². The molecule has 0 heterocycles. The van der Waals surface area contributed by atoms with E-state index in [1.165, 1.54) is 5.56 Å². The molecule has 3 heteroatoms. The maximum absolute atomic E-state index is 5.51.